The number of ketones is 4. The zero-order chi connectivity index (χ0) is 80.7. The number of pyridine rings is 1. The van der Waals surface area contributed by atoms with Crippen LogP contribution in [-0.2, 0) is 99.6 Å². The number of nitrogens with zero attached hydrogens (tertiary/aromatic N) is 2. The summed E-state index contributed by atoms with van der Waals surface area (Å²) in [6, 6.07) is 15.7. The van der Waals surface area contributed by atoms with Crippen molar-refractivity contribution in [3.05, 3.63) is 129 Å². The van der Waals surface area contributed by atoms with Crippen molar-refractivity contribution < 1.29 is 121 Å². The van der Waals surface area contributed by atoms with Crippen LogP contribution >= 0.6 is 21.6 Å². The molecule has 1 fully saturated rings. The summed E-state index contributed by atoms with van der Waals surface area (Å²) in [5.74, 6) is -13.4. The average molecular weight is 1580 g/mol. The number of benzene rings is 4. The van der Waals surface area contributed by atoms with Crippen molar-refractivity contribution in [2.24, 2.45) is 17.6 Å². The Balaban J connectivity index is 0.889. The average Bonchev–Trinajstić information content (AvgIpc) is 1.57. The molecule has 0 saturated carbocycles. The van der Waals surface area contributed by atoms with Gasteiger partial charge in [0.1, 0.15) is 24.5 Å². The molecule has 0 radical (unpaired) electrons. The van der Waals surface area contributed by atoms with Crippen molar-refractivity contribution >= 4 is 116 Å². The molecule has 34 nitrogen and oxygen atoms in total. The summed E-state index contributed by atoms with van der Waals surface area (Å²) < 4.78 is 28.1. The molecular formula is C75H90N8O26S2. The monoisotopic (exact) mass is 1580 g/mol. The van der Waals surface area contributed by atoms with Gasteiger partial charge in [0.15, 0.2) is 35.1 Å². The number of aromatic nitrogens is 1. The number of unbranched alkanes of at least 4 members (excludes halogenated alkanes) is 1. The number of aliphatic hydroxyl groups excluding tert-OH is 2. The molecule has 0 bridgehead atoms. The molecule has 5 aromatic rings. The van der Waals surface area contributed by atoms with Crippen LogP contribution < -0.4 is 47.4 Å². The molecule has 598 valence electrons. The molecule has 1 aromatic heterocycles. The third kappa shape index (κ3) is 26.8. The highest BCUT2D eigenvalue weighted by Gasteiger charge is 2.37. The van der Waals surface area contributed by atoms with Gasteiger partial charge in [-0.05, 0) is 85.0 Å². The van der Waals surface area contributed by atoms with E-state index in [0.717, 1.165) is 21.6 Å². The highest BCUT2D eigenvalue weighted by Crippen LogP contribution is 2.45. The summed E-state index contributed by atoms with van der Waals surface area (Å²) in [5, 5.41) is 71.1. The second-order valence-corrected chi connectivity index (χ2v) is 28.8. The molecule has 0 unspecified atom stereocenters. The molecule has 36 heteroatoms. The number of hydrogen-bond donors (Lipinski definition) is 12. The van der Waals surface area contributed by atoms with Crippen molar-refractivity contribution in [3.63, 3.8) is 0 Å². The smallest absolute Gasteiger partial charge is 0.493 e. The first-order valence-corrected chi connectivity index (χ1v) is 38.1. The van der Waals surface area contributed by atoms with Crippen LogP contribution in [-0.4, -0.2) is 219 Å². The van der Waals surface area contributed by atoms with Gasteiger partial charge in [-0.25, -0.2) is 14.4 Å². The Labute approximate surface area is 643 Å². The third-order valence-corrected chi connectivity index (χ3v) is 20.7. The maximum Gasteiger partial charge on any atom is 0.514 e. The minimum absolute atomic E-state index is 0.00406. The molecule has 111 heavy (non-hydrogen) atoms. The van der Waals surface area contributed by atoms with Crippen LogP contribution in [0.5, 0.6) is 11.5 Å². The second kappa shape index (κ2) is 44.3. The van der Waals surface area contributed by atoms with Crippen molar-refractivity contribution in [3.8, 4) is 22.8 Å². The maximum atomic E-state index is 14.5. The number of nitrogens with one attached hydrogen (secondary N) is 5. The summed E-state index contributed by atoms with van der Waals surface area (Å²) in [4.78, 5) is 197. The number of carboxylic acids is 4. The van der Waals surface area contributed by atoms with E-state index >= 15 is 0 Å². The van der Waals surface area contributed by atoms with E-state index in [9.17, 15) is 97.5 Å². The Morgan fingerprint density at radius 3 is 1.91 bits per heavy atom. The predicted molar refractivity (Wildman–Crippen MR) is 399 cm³/mol. The van der Waals surface area contributed by atoms with Gasteiger partial charge in [-0.2, -0.15) is 0 Å². The lowest BCUT2D eigenvalue weighted by Gasteiger charge is -2.26. The Hall–Kier alpha value is -10.6. The molecule has 0 spiro atoms. The molecule has 5 amide bonds. The fraction of sp³-hybridized carbons (Fsp3) is 0.453. The predicted octanol–water partition coefficient (Wildman–Crippen LogP) is 3.46. The number of Topliss-reactive ketones (excluding diaryl/α,β-unsaturated/α-hetero) is 3. The number of amides is 5. The third-order valence-electron chi connectivity index (χ3n) is 18.3. The van der Waals surface area contributed by atoms with Gasteiger partial charge in [-0.3, -0.25) is 62.4 Å². The van der Waals surface area contributed by atoms with E-state index in [4.69, 9.17) is 29.8 Å². The van der Waals surface area contributed by atoms with E-state index < -0.39 is 170 Å². The van der Waals surface area contributed by atoms with Crippen LogP contribution in [0.2, 0.25) is 0 Å². The van der Waals surface area contributed by atoms with Gasteiger partial charge in [0.2, 0.25) is 17.7 Å². The maximum absolute atomic E-state index is 14.5. The molecule has 7 atom stereocenters. The lowest BCUT2D eigenvalue weighted by Crippen LogP contribution is -2.53. The normalized spacial score (nSPS) is 14.3. The van der Waals surface area contributed by atoms with E-state index in [1.165, 1.54) is 35.9 Å². The summed E-state index contributed by atoms with van der Waals surface area (Å²) in [6.45, 7) is 1.57. The van der Waals surface area contributed by atoms with Crippen LogP contribution in [0.25, 0.3) is 22.0 Å². The molecular weight excluding hydrogens is 1490 g/mol. The molecule has 2 heterocycles. The lowest BCUT2D eigenvalue weighted by atomic mass is 9.89. The first-order valence-electron chi connectivity index (χ1n) is 35.7. The number of morpholine rings is 1. The van der Waals surface area contributed by atoms with Gasteiger partial charge in [0.25, 0.3) is 12.0 Å². The fourth-order valence-corrected chi connectivity index (χ4v) is 14.6. The Kier molecular flexibility index (Phi) is 34.9. The van der Waals surface area contributed by atoms with Gasteiger partial charge >= 0.3 is 36.1 Å². The molecule has 1 aliphatic heterocycles. The molecule has 13 N–H and O–H groups in total. The number of rotatable bonds is 49. The Morgan fingerprint density at radius 2 is 1.28 bits per heavy atom. The summed E-state index contributed by atoms with van der Waals surface area (Å²) in [7, 11) is 3.34. The second-order valence-electron chi connectivity index (χ2n) is 26.2. The van der Waals surface area contributed by atoms with Crippen molar-refractivity contribution in [1.29, 1.82) is 0 Å². The molecule has 2 aliphatic rings. The van der Waals surface area contributed by atoms with E-state index in [1.807, 2.05) is 0 Å². The molecule has 4 aromatic carbocycles. The number of nitrogens with two attached hydrogens (primary N) is 1. The van der Waals surface area contributed by atoms with E-state index in [0.29, 0.717) is 72.8 Å². The zero-order valence-electron chi connectivity index (χ0n) is 60.7. The Bertz CT molecular complexity index is 4240. The number of aliphatic carboxylic acids is 4. The number of carbonyl (C=O) groups excluding carboxylic acids is 10. The summed E-state index contributed by atoms with van der Waals surface area (Å²) >= 11 is 0. The molecule has 7 rings (SSSR count). The first kappa shape index (κ1) is 87.6. The highest BCUT2D eigenvalue weighted by molar-refractivity contribution is 8.76. The minimum Gasteiger partial charge on any atom is -0.493 e. The molecule has 1 aliphatic carbocycles. The van der Waals surface area contributed by atoms with Crippen LogP contribution in [0.4, 0.5) is 9.59 Å². The van der Waals surface area contributed by atoms with Crippen LogP contribution in [0.1, 0.15) is 115 Å². The number of aliphatic hydroxyl groups is 2. The Morgan fingerprint density at radius 1 is 0.640 bits per heavy atom. The number of methoxy groups -OCH3 is 1. The zero-order valence-corrected chi connectivity index (χ0v) is 62.4. The van der Waals surface area contributed by atoms with Crippen LogP contribution in [0, 0.1) is 11.8 Å². The van der Waals surface area contributed by atoms with Crippen LogP contribution in [0.3, 0.4) is 0 Å². The van der Waals surface area contributed by atoms with Gasteiger partial charge in [0, 0.05) is 111 Å². The topological polar surface area (TPSA) is 518 Å². The number of carbonyl (C=O) groups is 14. The SMILES string of the molecule is COc1cc2c(cc1OC(=O)OCCSSC[C@H](CC(=O)[C@H](CC(=O)O)NC(=O)[C@@H](N)CNC(=O)[C@@H](CC(=O)[C@H](Cc1ccccc1)NC(=O)CCCCC(=O)CC[C@H](NC(=O)N[C@@H](CCC(=O)O)OC=O)C(=O)O)Cc1ccccc1)C(=O)O)C(=O)c1c-2n(CCCN2CCOCC2)c(=O)c2cc(CO)c(CO)cc12. The van der Waals surface area contributed by atoms with Crippen molar-refractivity contribution in [2.75, 3.05) is 64.6 Å². The van der Waals surface area contributed by atoms with Gasteiger partial charge in [-0.15, -0.1) is 0 Å². The van der Waals surface area contributed by atoms with Crippen molar-refractivity contribution in [2.45, 2.75) is 140 Å². The lowest BCUT2D eigenvalue weighted by molar-refractivity contribution is -0.144. The van der Waals surface area contributed by atoms with E-state index in [2.05, 4.69) is 36.2 Å². The number of carboxylic acid groups (broad SMARTS) is 4. The van der Waals surface area contributed by atoms with E-state index in [-0.39, 0.29) is 122 Å². The quantitative estimate of drug-likeness (QED) is 0.00650. The van der Waals surface area contributed by atoms with E-state index in [1.54, 1.807) is 60.7 Å². The highest BCUT2D eigenvalue weighted by atomic mass is 33.1. The van der Waals surface area contributed by atoms with Crippen molar-refractivity contribution in [1.82, 2.24) is 36.1 Å². The number of fused-ring (bicyclic) bond motifs is 5. The van der Waals surface area contributed by atoms with Gasteiger partial charge in [-0.1, -0.05) is 82.3 Å². The number of urea groups is 1. The fourth-order valence-electron chi connectivity index (χ4n) is 12.5. The van der Waals surface area contributed by atoms with Gasteiger partial charge in [0.05, 0.1) is 75.6 Å². The summed E-state index contributed by atoms with van der Waals surface area (Å²) in [6.07, 6.45) is -5.55. The first-order chi connectivity index (χ1) is 53.2. The largest absolute Gasteiger partial charge is 0.514 e. The van der Waals surface area contributed by atoms with Gasteiger partial charge < -0.3 is 91.2 Å². The van der Waals surface area contributed by atoms with Crippen LogP contribution in [0.15, 0.2) is 89.7 Å². The molecule has 1 saturated heterocycles. The number of ether oxygens (including phenoxy) is 5. The standard InChI is InChI=1S/C75H90N8O26S2/c1-105-60-35-51-52(68(95)66-50-31-46(39-84)47(40-85)32-53(50)71(98)83(67(51)66)22-10-21-82-23-25-106-26-24-82)36-61(60)109-75(104)107-27-28-110-111-41-48(72(99)100)34-59(89)57(37-65(93)94)79-70(97)54(76)38-77-69(96)45(29-43-11-4-2-5-12-43)33-58(88)56(30-44-13-6-3-7-14-44)78-62(90)16-9-8-15-49(87)17-18-55(73(101)102)80-74(103)81-63(108-42-86)19-20-64(91)92/h2-7,11-14,31-32,35-36,42,45,48,54-57,63,84-85H,8-10,15-30,33-34,37-41,76H2,1H3,(H,77,96)(H,78,90)(H,79,97)(H,91,92)(H,93,94)(H,99,100)(H,101,102)(H2,80,81,103)/t45-,48+,54+,55+,56+,57+,63-/m1/s1. The summed E-state index contributed by atoms with van der Waals surface area (Å²) in [5.41, 5.74) is 8.58. The number of hydrogen-bond acceptors (Lipinski definition) is 26. The minimum atomic E-state index is -1.78.